The van der Waals surface area contributed by atoms with E-state index in [1.807, 2.05) is 17.7 Å². The summed E-state index contributed by atoms with van der Waals surface area (Å²) in [6, 6.07) is 7.40. The fraction of sp³-hybridized carbons (Fsp3) is 0.214. The van der Waals surface area contributed by atoms with Gasteiger partial charge in [0.15, 0.2) is 5.78 Å². The Balaban J connectivity index is 2.28. The number of carbonyl (C=O) groups is 1. The van der Waals surface area contributed by atoms with E-state index in [0.29, 0.717) is 17.7 Å². The summed E-state index contributed by atoms with van der Waals surface area (Å²) in [4.78, 5) is 12.2. The zero-order chi connectivity index (χ0) is 13.1. The normalized spacial score (nSPS) is 10.6. The van der Waals surface area contributed by atoms with E-state index < -0.39 is 0 Å². The number of aromatic nitrogens is 1. The Morgan fingerprint density at radius 2 is 1.94 bits per heavy atom. The largest absolute Gasteiger partial charge is 0.354 e. The lowest BCUT2D eigenvalue weighted by molar-refractivity contribution is 0.103. The van der Waals surface area contributed by atoms with Gasteiger partial charge in [0.05, 0.1) is 0 Å². The molecule has 0 saturated heterocycles. The third-order valence-corrected chi connectivity index (χ3v) is 2.88. The lowest BCUT2D eigenvalue weighted by atomic mass is 10.1. The van der Waals surface area contributed by atoms with Gasteiger partial charge in [0, 0.05) is 30.1 Å². The van der Waals surface area contributed by atoms with E-state index in [2.05, 4.69) is 0 Å². The van der Waals surface area contributed by atoms with Gasteiger partial charge in [-0.25, -0.2) is 4.39 Å². The first-order valence-corrected chi connectivity index (χ1v) is 5.77. The molecule has 0 radical (unpaired) electrons. The third kappa shape index (κ3) is 2.49. The van der Waals surface area contributed by atoms with Gasteiger partial charge in [-0.15, -0.1) is 0 Å². The van der Waals surface area contributed by atoms with E-state index in [9.17, 15) is 9.18 Å². The molecule has 1 heterocycles. The Morgan fingerprint density at radius 3 is 2.56 bits per heavy atom. The maximum Gasteiger partial charge on any atom is 0.194 e. The molecule has 0 aliphatic carbocycles. The van der Waals surface area contributed by atoms with Crippen molar-refractivity contribution in [1.82, 2.24) is 4.57 Å². The summed E-state index contributed by atoms with van der Waals surface area (Å²) in [5, 5.41) is 0. The first-order valence-electron chi connectivity index (χ1n) is 5.77. The van der Waals surface area contributed by atoms with Gasteiger partial charge in [-0.3, -0.25) is 4.79 Å². The van der Waals surface area contributed by atoms with Crippen LogP contribution in [0.1, 0.15) is 21.6 Å². The molecule has 0 saturated carbocycles. The van der Waals surface area contributed by atoms with E-state index in [0.717, 1.165) is 12.1 Å². The van der Waals surface area contributed by atoms with Crippen molar-refractivity contribution in [1.29, 1.82) is 0 Å². The van der Waals surface area contributed by atoms with Crippen molar-refractivity contribution < 1.29 is 9.18 Å². The van der Waals surface area contributed by atoms with E-state index in [1.54, 1.807) is 6.20 Å². The average Bonchev–Trinajstić information content (AvgIpc) is 2.72. The van der Waals surface area contributed by atoms with Crippen LogP contribution in [0.25, 0.3) is 0 Å². The van der Waals surface area contributed by atoms with Gasteiger partial charge < -0.3 is 10.3 Å². The maximum atomic E-state index is 12.8. The molecular weight excluding hydrogens is 231 g/mol. The highest BCUT2D eigenvalue weighted by Gasteiger charge is 2.12. The van der Waals surface area contributed by atoms with Gasteiger partial charge in [0.2, 0.25) is 0 Å². The number of nitrogens with zero attached hydrogens (tertiary/aromatic N) is 1. The Kier molecular flexibility index (Phi) is 3.58. The molecule has 94 valence electrons. The number of rotatable bonds is 4. The highest BCUT2D eigenvalue weighted by Crippen LogP contribution is 2.14. The van der Waals surface area contributed by atoms with Crippen LogP contribution in [0.3, 0.4) is 0 Å². The molecule has 2 N–H and O–H groups in total. The van der Waals surface area contributed by atoms with Gasteiger partial charge in [-0.2, -0.15) is 0 Å². The molecule has 0 unspecified atom stereocenters. The number of hydrogen-bond donors (Lipinski definition) is 1. The highest BCUT2D eigenvalue weighted by molar-refractivity contribution is 6.09. The van der Waals surface area contributed by atoms with E-state index in [1.165, 1.54) is 24.3 Å². The van der Waals surface area contributed by atoms with Crippen molar-refractivity contribution in [2.45, 2.75) is 6.42 Å². The number of carbonyl (C=O) groups excluding carboxylic acids is 1. The van der Waals surface area contributed by atoms with Crippen molar-refractivity contribution in [3.63, 3.8) is 0 Å². The number of benzene rings is 1. The molecule has 0 bridgehead atoms. The molecule has 0 atom stereocenters. The van der Waals surface area contributed by atoms with Crippen LogP contribution in [0.15, 0.2) is 36.5 Å². The molecule has 4 heteroatoms. The minimum Gasteiger partial charge on any atom is -0.354 e. The summed E-state index contributed by atoms with van der Waals surface area (Å²) in [5.74, 6) is -0.447. The number of aryl methyl sites for hydroxylation is 1. The summed E-state index contributed by atoms with van der Waals surface area (Å²) < 4.78 is 14.7. The first kappa shape index (κ1) is 12.5. The fourth-order valence-electron chi connectivity index (χ4n) is 1.90. The topological polar surface area (TPSA) is 48.0 Å². The molecule has 1 aromatic carbocycles. The molecule has 0 spiro atoms. The predicted molar refractivity (Wildman–Crippen MR) is 68.0 cm³/mol. The van der Waals surface area contributed by atoms with Crippen molar-refractivity contribution in [2.75, 3.05) is 6.54 Å². The number of nitrogens with two attached hydrogens (primary N) is 1. The highest BCUT2D eigenvalue weighted by atomic mass is 19.1. The van der Waals surface area contributed by atoms with Gasteiger partial charge in [-0.05, 0) is 43.3 Å². The number of halogens is 1. The first-order chi connectivity index (χ1) is 8.61. The SMILES string of the molecule is Cn1cc(C(=O)c2ccc(F)cc2)cc1CCN. The van der Waals surface area contributed by atoms with Crippen LogP contribution in [0.5, 0.6) is 0 Å². The van der Waals surface area contributed by atoms with Crippen LogP contribution in [0.2, 0.25) is 0 Å². The fourth-order valence-corrected chi connectivity index (χ4v) is 1.90. The van der Waals surface area contributed by atoms with Gasteiger partial charge in [0.1, 0.15) is 5.82 Å². The molecule has 0 amide bonds. The average molecular weight is 246 g/mol. The van der Waals surface area contributed by atoms with Crippen LogP contribution >= 0.6 is 0 Å². The Bertz CT molecular complexity index is 558. The Labute approximate surface area is 105 Å². The molecule has 1 aromatic heterocycles. The zero-order valence-electron chi connectivity index (χ0n) is 10.2. The molecule has 2 aromatic rings. The van der Waals surface area contributed by atoms with Crippen LogP contribution in [0, 0.1) is 5.82 Å². The van der Waals surface area contributed by atoms with Crippen LogP contribution in [-0.4, -0.2) is 16.9 Å². The van der Waals surface area contributed by atoms with Crippen molar-refractivity contribution in [3.8, 4) is 0 Å². The molecule has 3 nitrogen and oxygen atoms in total. The molecule has 0 aliphatic rings. The summed E-state index contributed by atoms with van der Waals surface area (Å²) in [6.45, 7) is 0.544. The van der Waals surface area contributed by atoms with E-state index in [-0.39, 0.29) is 11.6 Å². The molecular formula is C14H15FN2O. The van der Waals surface area contributed by atoms with Gasteiger partial charge >= 0.3 is 0 Å². The van der Waals surface area contributed by atoms with Gasteiger partial charge in [-0.1, -0.05) is 0 Å². The Morgan fingerprint density at radius 1 is 1.28 bits per heavy atom. The number of ketones is 1. The smallest absolute Gasteiger partial charge is 0.194 e. The quantitative estimate of drug-likeness (QED) is 0.837. The Hall–Kier alpha value is -1.94. The minimum atomic E-state index is -0.344. The van der Waals surface area contributed by atoms with E-state index in [4.69, 9.17) is 5.73 Å². The second kappa shape index (κ2) is 5.14. The maximum absolute atomic E-state index is 12.8. The van der Waals surface area contributed by atoms with Crippen LogP contribution < -0.4 is 5.73 Å². The van der Waals surface area contributed by atoms with Gasteiger partial charge in [0.25, 0.3) is 0 Å². The molecule has 18 heavy (non-hydrogen) atoms. The second-order valence-corrected chi connectivity index (χ2v) is 4.21. The van der Waals surface area contributed by atoms with Crippen molar-refractivity contribution in [2.24, 2.45) is 12.8 Å². The third-order valence-electron chi connectivity index (χ3n) is 2.88. The standard InChI is InChI=1S/C14H15FN2O/c1-17-9-11(8-13(17)6-7-16)14(18)10-2-4-12(15)5-3-10/h2-5,8-9H,6-7,16H2,1H3. The molecule has 0 fully saturated rings. The summed E-state index contributed by atoms with van der Waals surface area (Å²) in [5.41, 5.74) is 7.61. The molecule has 2 rings (SSSR count). The van der Waals surface area contributed by atoms with Crippen molar-refractivity contribution in [3.05, 3.63) is 59.2 Å². The number of hydrogen-bond acceptors (Lipinski definition) is 2. The van der Waals surface area contributed by atoms with Crippen LogP contribution in [-0.2, 0) is 13.5 Å². The second-order valence-electron chi connectivity index (χ2n) is 4.21. The lowest BCUT2D eigenvalue weighted by Gasteiger charge is -1.98. The van der Waals surface area contributed by atoms with Crippen molar-refractivity contribution >= 4 is 5.78 Å². The van der Waals surface area contributed by atoms with E-state index >= 15 is 0 Å². The predicted octanol–water partition coefficient (Wildman–Crippen LogP) is 1.90. The zero-order valence-corrected chi connectivity index (χ0v) is 10.2. The minimum absolute atomic E-state index is 0.103. The summed E-state index contributed by atoms with van der Waals surface area (Å²) in [6.07, 6.45) is 2.50. The molecule has 0 aliphatic heterocycles. The lowest BCUT2D eigenvalue weighted by Crippen LogP contribution is -2.05. The monoisotopic (exact) mass is 246 g/mol. The summed E-state index contributed by atoms with van der Waals surface area (Å²) >= 11 is 0. The summed E-state index contributed by atoms with van der Waals surface area (Å²) in [7, 11) is 1.88. The van der Waals surface area contributed by atoms with Crippen LogP contribution in [0.4, 0.5) is 4.39 Å².